The Hall–Kier alpha value is -2.54. The van der Waals surface area contributed by atoms with E-state index in [0.29, 0.717) is 43.6 Å². The molecule has 0 spiro atoms. The van der Waals surface area contributed by atoms with Gasteiger partial charge in [0, 0.05) is 37.4 Å². The van der Waals surface area contributed by atoms with Crippen molar-refractivity contribution < 1.29 is 13.6 Å². The Kier molecular flexibility index (Phi) is 5.70. The Balaban J connectivity index is 1.57. The first-order valence-corrected chi connectivity index (χ1v) is 9.00. The average molecular weight is 375 g/mol. The van der Waals surface area contributed by atoms with Crippen molar-refractivity contribution in [2.45, 2.75) is 39.3 Å². The van der Waals surface area contributed by atoms with Crippen LogP contribution in [0.3, 0.4) is 0 Å². The molecule has 3 rings (SSSR count). The van der Waals surface area contributed by atoms with Crippen LogP contribution in [0.1, 0.15) is 40.0 Å². The Morgan fingerprint density at radius 3 is 2.37 bits per heavy atom. The number of aryl methyl sites for hydroxylation is 2. The van der Waals surface area contributed by atoms with Gasteiger partial charge in [-0.05, 0) is 56.0 Å². The van der Waals surface area contributed by atoms with Gasteiger partial charge in [-0.1, -0.05) is 0 Å². The molecule has 0 atom stereocenters. The van der Waals surface area contributed by atoms with Crippen LogP contribution in [0.25, 0.3) is 0 Å². The van der Waals surface area contributed by atoms with Gasteiger partial charge in [-0.2, -0.15) is 0 Å². The van der Waals surface area contributed by atoms with Crippen molar-refractivity contribution in [2.24, 2.45) is 0 Å². The minimum absolute atomic E-state index is 0.0295. The summed E-state index contributed by atoms with van der Waals surface area (Å²) in [4.78, 5) is 29.3. The van der Waals surface area contributed by atoms with Gasteiger partial charge in [0.25, 0.3) is 11.5 Å². The minimum Gasteiger partial charge on any atom is -0.349 e. The molecule has 0 bridgehead atoms. The number of nitrogens with zero attached hydrogens (tertiary/aromatic N) is 1. The summed E-state index contributed by atoms with van der Waals surface area (Å²) in [6, 6.07) is 5.28. The number of carbonyl (C=O) groups is 1. The van der Waals surface area contributed by atoms with Crippen LogP contribution in [0.4, 0.5) is 8.78 Å². The Morgan fingerprint density at radius 1 is 1.15 bits per heavy atom. The number of piperidine rings is 1. The lowest BCUT2D eigenvalue weighted by atomic mass is 10.0. The van der Waals surface area contributed by atoms with Crippen LogP contribution in [0.5, 0.6) is 0 Å². The lowest BCUT2D eigenvalue weighted by Crippen LogP contribution is -2.45. The third-order valence-electron chi connectivity index (χ3n) is 4.84. The van der Waals surface area contributed by atoms with Crippen molar-refractivity contribution >= 4 is 5.91 Å². The van der Waals surface area contributed by atoms with Gasteiger partial charge in [-0.15, -0.1) is 0 Å². The molecule has 7 heteroatoms. The lowest BCUT2D eigenvalue weighted by Gasteiger charge is -2.32. The molecule has 1 aromatic heterocycles. The molecule has 2 N–H and O–H groups in total. The molecule has 1 fully saturated rings. The van der Waals surface area contributed by atoms with Gasteiger partial charge in [0.15, 0.2) is 0 Å². The highest BCUT2D eigenvalue weighted by molar-refractivity contribution is 5.95. The van der Waals surface area contributed by atoms with Gasteiger partial charge in [0.05, 0.1) is 0 Å². The number of likely N-dealkylation sites (tertiary alicyclic amines) is 1. The predicted octanol–water partition coefficient (Wildman–Crippen LogP) is 2.66. The van der Waals surface area contributed by atoms with Crippen molar-refractivity contribution in [3.63, 3.8) is 0 Å². The number of nitrogens with one attached hydrogen (secondary N) is 2. The normalized spacial score (nSPS) is 15.7. The topological polar surface area (TPSA) is 65.2 Å². The zero-order valence-corrected chi connectivity index (χ0v) is 15.4. The molecule has 5 nitrogen and oxygen atoms in total. The zero-order chi connectivity index (χ0) is 19.6. The van der Waals surface area contributed by atoms with E-state index in [2.05, 4.69) is 15.2 Å². The fourth-order valence-electron chi connectivity index (χ4n) is 3.59. The fraction of sp³-hybridized carbons (Fsp3) is 0.400. The van der Waals surface area contributed by atoms with Crippen molar-refractivity contribution in [3.8, 4) is 0 Å². The van der Waals surface area contributed by atoms with Crippen molar-refractivity contribution in [2.75, 3.05) is 13.1 Å². The van der Waals surface area contributed by atoms with Gasteiger partial charge in [-0.25, -0.2) is 8.78 Å². The number of aromatic amines is 1. The van der Waals surface area contributed by atoms with E-state index >= 15 is 0 Å². The summed E-state index contributed by atoms with van der Waals surface area (Å²) >= 11 is 0. The Morgan fingerprint density at radius 2 is 1.78 bits per heavy atom. The van der Waals surface area contributed by atoms with E-state index in [-0.39, 0.29) is 23.1 Å². The quantitative estimate of drug-likeness (QED) is 0.864. The largest absolute Gasteiger partial charge is 0.349 e. The third-order valence-corrected chi connectivity index (χ3v) is 4.84. The molecule has 2 heterocycles. The molecule has 0 radical (unpaired) electrons. The highest BCUT2D eigenvalue weighted by Gasteiger charge is 2.23. The lowest BCUT2D eigenvalue weighted by molar-refractivity contribution is 0.0906. The maximum atomic E-state index is 13.3. The number of hydrogen-bond acceptors (Lipinski definition) is 3. The van der Waals surface area contributed by atoms with Crippen LogP contribution in [0, 0.1) is 25.5 Å². The second-order valence-corrected chi connectivity index (χ2v) is 7.14. The summed E-state index contributed by atoms with van der Waals surface area (Å²) in [6.07, 6.45) is 1.43. The molecular formula is C20H23F2N3O2. The summed E-state index contributed by atoms with van der Waals surface area (Å²) in [7, 11) is 0. The number of H-pyrrole nitrogens is 1. The number of rotatable bonds is 4. The second-order valence-electron chi connectivity index (χ2n) is 7.14. The van der Waals surface area contributed by atoms with Crippen molar-refractivity contribution in [1.29, 1.82) is 0 Å². The zero-order valence-electron chi connectivity index (χ0n) is 15.4. The third kappa shape index (κ3) is 4.80. The molecule has 2 aromatic rings. The molecule has 144 valence electrons. The fourth-order valence-corrected chi connectivity index (χ4v) is 3.59. The van der Waals surface area contributed by atoms with E-state index in [4.69, 9.17) is 0 Å². The molecule has 1 aliphatic rings. The van der Waals surface area contributed by atoms with E-state index < -0.39 is 11.6 Å². The second kappa shape index (κ2) is 8.00. The molecule has 1 amide bonds. The SMILES string of the molecule is Cc1cc(C)c(C(=O)NC2CCN(Cc3cc(F)cc(F)c3)CC2)c(=O)[nH]1. The number of carbonyl (C=O) groups excluding carboxylic acids is 1. The van der Waals surface area contributed by atoms with Crippen LogP contribution in [-0.2, 0) is 6.54 Å². The summed E-state index contributed by atoms with van der Waals surface area (Å²) < 4.78 is 26.6. The van der Waals surface area contributed by atoms with Crippen LogP contribution >= 0.6 is 0 Å². The smallest absolute Gasteiger partial charge is 0.261 e. The van der Waals surface area contributed by atoms with E-state index in [1.807, 2.05) is 0 Å². The van der Waals surface area contributed by atoms with Gasteiger partial charge in [-0.3, -0.25) is 14.5 Å². The van der Waals surface area contributed by atoms with Crippen molar-refractivity contribution in [1.82, 2.24) is 15.2 Å². The molecule has 1 saturated heterocycles. The Labute approximate surface area is 156 Å². The average Bonchev–Trinajstić information content (AvgIpc) is 2.54. The summed E-state index contributed by atoms with van der Waals surface area (Å²) in [5.74, 6) is -1.52. The van der Waals surface area contributed by atoms with Gasteiger partial charge >= 0.3 is 0 Å². The van der Waals surface area contributed by atoms with Gasteiger partial charge in [0.1, 0.15) is 17.2 Å². The van der Waals surface area contributed by atoms with Crippen LogP contribution in [0.15, 0.2) is 29.1 Å². The summed E-state index contributed by atoms with van der Waals surface area (Å²) in [5, 5.41) is 2.93. The number of halogens is 2. The molecule has 0 saturated carbocycles. The number of aromatic nitrogens is 1. The molecule has 0 aliphatic carbocycles. The van der Waals surface area contributed by atoms with E-state index in [1.54, 1.807) is 19.9 Å². The maximum Gasteiger partial charge on any atom is 0.261 e. The number of amides is 1. The monoisotopic (exact) mass is 375 g/mol. The predicted molar refractivity (Wildman–Crippen MR) is 98.7 cm³/mol. The summed E-state index contributed by atoms with van der Waals surface area (Å²) in [5.41, 5.74) is 1.74. The molecular weight excluding hydrogens is 352 g/mol. The standard InChI is InChI=1S/C20H23F2N3O2/c1-12-7-13(2)23-19(26)18(12)20(27)24-17-3-5-25(6-4-17)11-14-8-15(21)10-16(22)9-14/h7-10,17H,3-6,11H2,1-2H3,(H,23,26)(H,24,27). The maximum absolute atomic E-state index is 13.3. The number of pyridine rings is 1. The summed E-state index contributed by atoms with van der Waals surface area (Å²) in [6.45, 7) is 5.39. The highest BCUT2D eigenvalue weighted by Crippen LogP contribution is 2.16. The highest BCUT2D eigenvalue weighted by atomic mass is 19.1. The van der Waals surface area contributed by atoms with Gasteiger partial charge in [0.2, 0.25) is 0 Å². The van der Waals surface area contributed by atoms with Crippen LogP contribution < -0.4 is 10.9 Å². The van der Waals surface area contributed by atoms with Crippen molar-refractivity contribution in [3.05, 3.63) is 68.6 Å². The first-order chi connectivity index (χ1) is 12.8. The molecule has 0 unspecified atom stereocenters. The van der Waals surface area contributed by atoms with Crippen LogP contribution in [-0.4, -0.2) is 34.9 Å². The Bertz CT molecular complexity index is 882. The minimum atomic E-state index is -0.578. The molecule has 1 aliphatic heterocycles. The van der Waals surface area contributed by atoms with Crippen LogP contribution in [0.2, 0.25) is 0 Å². The van der Waals surface area contributed by atoms with Gasteiger partial charge < -0.3 is 10.3 Å². The first-order valence-electron chi connectivity index (χ1n) is 9.00. The van der Waals surface area contributed by atoms with E-state index in [0.717, 1.165) is 11.8 Å². The van der Waals surface area contributed by atoms with E-state index in [1.165, 1.54) is 12.1 Å². The molecule has 27 heavy (non-hydrogen) atoms. The molecule has 1 aromatic carbocycles. The first kappa shape index (κ1) is 19.2. The number of benzene rings is 1. The number of hydrogen-bond donors (Lipinski definition) is 2. The van der Waals surface area contributed by atoms with E-state index in [9.17, 15) is 18.4 Å².